The van der Waals surface area contributed by atoms with Gasteiger partial charge in [0, 0.05) is 26.3 Å². The minimum Gasteiger partial charge on any atom is -0.468 e. The van der Waals surface area contributed by atoms with Crippen LogP contribution in [0.15, 0.2) is 24.3 Å². The third-order valence-corrected chi connectivity index (χ3v) is 3.79. The van der Waals surface area contributed by atoms with Crippen molar-refractivity contribution in [3.8, 4) is 0 Å². The quantitative estimate of drug-likeness (QED) is 0.594. The highest BCUT2D eigenvalue weighted by atomic mass is 16.5. The van der Waals surface area contributed by atoms with Gasteiger partial charge >= 0.3 is 17.8 Å². The number of nitrogens with zero attached hydrogens (tertiary/aromatic N) is 2. The lowest BCUT2D eigenvalue weighted by Crippen LogP contribution is -2.46. The van der Waals surface area contributed by atoms with E-state index >= 15 is 0 Å². The maximum absolute atomic E-state index is 12.4. The first kappa shape index (κ1) is 17.5. The van der Waals surface area contributed by atoms with Gasteiger partial charge in [-0.2, -0.15) is 0 Å². The smallest absolute Gasteiger partial charge is 0.316 e. The second-order valence-electron chi connectivity index (χ2n) is 5.52. The lowest BCUT2D eigenvalue weighted by atomic mass is 10.0. The first-order chi connectivity index (χ1) is 11.4. The van der Waals surface area contributed by atoms with Crippen LogP contribution in [0.4, 0.5) is 5.69 Å². The topological polar surface area (TPSA) is 96.0 Å². The number of hydrogen-bond donors (Lipinski definition) is 1. The molecule has 1 aromatic rings. The maximum atomic E-state index is 12.4. The number of methoxy groups -OCH3 is 1. The molecule has 3 amide bonds. The van der Waals surface area contributed by atoms with Crippen molar-refractivity contribution in [1.29, 1.82) is 0 Å². The Balaban J connectivity index is 2.14. The first-order valence-electron chi connectivity index (χ1n) is 7.33. The molecule has 0 saturated heterocycles. The number of hydrogen-bond acceptors (Lipinski definition) is 5. The highest BCUT2D eigenvalue weighted by Crippen LogP contribution is 2.36. The molecule has 1 heterocycles. The summed E-state index contributed by atoms with van der Waals surface area (Å²) in [5.74, 6) is -3.15. The molecule has 1 unspecified atom stereocenters. The van der Waals surface area contributed by atoms with E-state index in [0.717, 1.165) is 0 Å². The number of fused-ring (bicyclic) bond motifs is 1. The minimum absolute atomic E-state index is 0.0277. The van der Waals surface area contributed by atoms with Gasteiger partial charge in [0.1, 0.15) is 5.92 Å². The van der Waals surface area contributed by atoms with E-state index in [2.05, 4.69) is 5.32 Å². The van der Waals surface area contributed by atoms with Gasteiger partial charge < -0.3 is 19.9 Å². The van der Waals surface area contributed by atoms with Crippen LogP contribution in [-0.2, 0) is 23.9 Å². The number of benzene rings is 1. The van der Waals surface area contributed by atoms with E-state index < -0.39 is 23.7 Å². The number of amides is 3. The second-order valence-corrected chi connectivity index (χ2v) is 5.52. The molecule has 8 heteroatoms. The molecule has 1 aliphatic heterocycles. The molecule has 2 rings (SSSR count). The fraction of sp³-hybridized carbons (Fsp3) is 0.375. The molecule has 0 spiro atoms. The Morgan fingerprint density at radius 3 is 2.54 bits per heavy atom. The average molecular weight is 333 g/mol. The van der Waals surface area contributed by atoms with Crippen molar-refractivity contribution in [2.75, 3.05) is 39.2 Å². The number of likely N-dealkylation sites (N-methyl/N-ethyl adjacent to an activating group) is 1. The largest absolute Gasteiger partial charge is 0.468 e. The van der Waals surface area contributed by atoms with Crippen LogP contribution >= 0.6 is 0 Å². The summed E-state index contributed by atoms with van der Waals surface area (Å²) < 4.78 is 4.76. The van der Waals surface area contributed by atoms with Crippen molar-refractivity contribution in [1.82, 2.24) is 10.2 Å². The molecule has 128 valence electrons. The van der Waals surface area contributed by atoms with E-state index in [1.165, 1.54) is 16.9 Å². The van der Waals surface area contributed by atoms with Crippen molar-refractivity contribution in [2.24, 2.45) is 0 Å². The summed E-state index contributed by atoms with van der Waals surface area (Å²) in [7, 11) is 4.37. The number of carbonyl (C=O) groups is 4. The zero-order valence-corrected chi connectivity index (χ0v) is 13.7. The van der Waals surface area contributed by atoms with Crippen LogP contribution in [0.2, 0.25) is 0 Å². The van der Waals surface area contributed by atoms with Crippen molar-refractivity contribution in [3.05, 3.63) is 29.8 Å². The third kappa shape index (κ3) is 3.37. The summed E-state index contributed by atoms with van der Waals surface area (Å²) in [4.78, 5) is 50.3. The molecule has 1 N–H and O–H groups in total. The Hall–Kier alpha value is -2.90. The minimum atomic E-state index is -0.898. The highest BCUT2D eigenvalue weighted by molar-refractivity contribution is 6.41. The molecule has 0 aliphatic carbocycles. The van der Waals surface area contributed by atoms with Crippen LogP contribution < -0.4 is 10.2 Å². The summed E-state index contributed by atoms with van der Waals surface area (Å²) >= 11 is 0. The number of esters is 1. The molecule has 8 nitrogen and oxygen atoms in total. The van der Waals surface area contributed by atoms with E-state index in [1.54, 1.807) is 38.4 Å². The normalized spacial score (nSPS) is 15.5. The standard InChI is InChI=1S/C16H19N3O5/c1-18(2)13(20)8-17-14(21)15(22)19-9-11(16(23)24-3)10-6-4-5-7-12(10)19/h4-7,11H,8-9H2,1-3H3,(H,17,21). The number of rotatable bonds is 3. The van der Waals surface area contributed by atoms with Crippen molar-refractivity contribution < 1.29 is 23.9 Å². The van der Waals surface area contributed by atoms with Crippen LogP contribution in [-0.4, -0.2) is 62.9 Å². The average Bonchev–Trinajstić information content (AvgIpc) is 2.97. The fourth-order valence-electron chi connectivity index (χ4n) is 2.46. The zero-order valence-electron chi connectivity index (χ0n) is 13.7. The van der Waals surface area contributed by atoms with Gasteiger partial charge in [-0.15, -0.1) is 0 Å². The lowest BCUT2D eigenvalue weighted by Gasteiger charge is -2.17. The van der Waals surface area contributed by atoms with Gasteiger partial charge in [0.15, 0.2) is 0 Å². The predicted molar refractivity (Wildman–Crippen MR) is 85.3 cm³/mol. The SMILES string of the molecule is COC(=O)C1CN(C(=O)C(=O)NCC(=O)N(C)C)c2ccccc21. The van der Waals surface area contributed by atoms with Gasteiger partial charge in [0.25, 0.3) is 0 Å². The van der Waals surface area contributed by atoms with Crippen LogP contribution in [0.3, 0.4) is 0 Å². The molecule has 1 atom stereocenters. The second kappa shape index (κ2) is 7.12. The molecule has 1 aromatic carbocycles. The van der Waals surface area contributed by atoms with Gasteiger partial charge in [0.05, 0.1) is 13.7 Å². The Bertz CT molecular complexity index is 686. The fourth-order valence-corrected chi connectivity index (χ4v) is 2.46. The van der Waals surface area contributed by atoms with E-state index in [1.807, 2.05) is 0 Å². The number of anilines is 1. The van der Waals surface area contributed by atoms with Crippen molar-refractivity contribution in [3.63, 3.8) is 0 Å². The lowest BCUT2D eigenvalue weighted by molar-refractivity contribution is -0.142. The van der Waals surface area contributed by atoms with Crippen LogP contribution in [0.5, 0.6) is 0 Å². The van der Waals surface area contributed by atoms with Gasteiger partial charge in [0.2, 0.25) is 5.91 Å². The van der Waals surface area contributed by atoms with Gasteiger partial charge in [-0.25, -0.2) is 0 Å². The van der Waals surface area contributed by atoms with E-state index in [0.29, 0.717) is 11.3 Å². The number of para-hydroxylation sites is 1. The molecule has 1 aliphatic rings. The number of ether oxygens (including phenoxy) is 1. The molecule has 0 radical (unpaired) electrons. The zero-order chi connectivity index (χ0) is 17.9. The third-order valence-electron chi connectivity index (χ3n) is 3.79. The van der Waals surface area contributed by atoms with Crippen LogP contribution in [0.25, 0.3) is 0 Å². The van der Waals surface area contributed by atoms with E-state index in [-0.39, 0.29) is 19.0 Å². The summed E-state index contributed by atoms with van der Waals surface area (Å²) in [6.07, 6.45) is 0. The molecule has 0 bridgehead atoms. The number of nitrogens with one attached hydrogen (secondary N) is 1. The molecule has 0 aromatic heterocycles. The molecule has 0 saturated carbocycles. The molecular weight excluding hydrogens is 314 g/mol. The van der Waals surface area contributed by atoms with Crippen LogP contribution in [0.1, 0.15) is 11.5 Å². The Labute approximate surface area is 139 Å². The Kier molecular flexibility index (Phi) is 5.18. The summed E-state index contributed by atoms with van der Waals surface area (Å²) in [5, 5.41) is 2.29. The van der Waals surface area contributed by atoms with Gasteiger partial charge in [-0.3, -0.25) is 19.2 Å². The monoisotopic (exact) mass is 333 g/mol. The highest BCUT2D eigenvalue weighted by Gasteiger charge is 2.38. The summed E-state index contributed by atoms with van der Waals surface area (Å²) in [5.41, 5.74) is 1.13. The van der Waals surface area contributed by atoms with Gasteiger partial charge in [-0.1, -0.05) is 18.2 Å². The van der Waals surface area contributed by atoms with Crippen molar-refractivity contribution >= 4 is 29.4 Å². The van der Waals surface area contributed by atoms with Gasteiger partial charge in [-0.05, 0) is 11.6 Å². The van der Waals surface area contributed by atoms with Crippen LogP contribution in [0, 0.1) is 0 Å². The summed E-state index contributed by atoms with van der Waals surface area (Å²) in [6, 6.07) is 6.84. The van der Waals surface area contributed by atoms with Crippen molar-refractivity contribution in [2.45, 2.75) is 5.92 Å². The maximum Gasteiger partial charge on any atom is 0.316 e. The first-order valence-corrected chi connectivity index (χ1v) is 7.33. The summed E-state index contributed by atoms with van der Waals surface area (Å²) in [6.45, 7) is -0.243. The number of carbonyl (C=O) groups excluding carboxylic acids is 4. The van der Waals surface area contributed by atoms with E-state index in [4.69, 9.17) is 4.74 Å². The predicted octanol–water partition coefficient (Wildman–Crippen LogP) is -0.506. The Morgan fingerprint density at radius 1 is 1.25 bits per heavy atom. The molecular formula is C16H19N3O5. The molecule has 24 heavy (non-hydrogen) atoms. The molecule has 0 fully saturated rings. The van der Waals surface area contributed by atoms with E-state index in [9.17, 15) is 19.2 Å². The Morgan fingerprint density at radius 2 is 1.92 bits per heavy atom.